The van der Waals surface area contributed by atoms with E-state index in [4.69, 9.17) is 18.9 Å². The molecule has 0 saturated carbocycles. The van der Waals surface area contributed by atoms with Crippen LogP contribution < -0.4 is 5.32 Å². The van der Waals surface area contributed by atoms with Crippen LogP contribution in [0.2, 0.25) is 0 Å². The molecular weight excluding hydrogens is 955 g/mol. The topological polar surface area (TPSA) is 228 Å². The maximum Gasteiger partial charge on any atom is 0.220 e. The number of amides is 1. The van der Waals surface area contributed by atoms with Gasteiger partial charge in [-0.3, -0.25) is 4.79 Å². The third-order valence-electron chi connectivity index (χ3n) is 16.1. The Hall–Kier alpha value is -1.01. The lowest BCUT2D eigenvalue weighted by atomic mass is 9.97. The lowest BCUT2D eigenvalue weighted by Crippen LogP contribution is -2.65. The van der Waals surface area contributed by atoms with Crippen molar-refractivity contribution in [1.29, 1.82) is 0 Å². The average molecular weight is 1070 g/mol. The van der Waals surface area contributed by atoms with Gasteiger partial charge in [0, 0.05) is 6.42 Å². The molecule has 0 aromatic rings. The molecule has 2 heterocycles. The van der Waals surface area contributed by atoms with E-state index in [9.17, 15) is 45.6 Å². The van der Waals surface area contributed by atoms with E-state index in [0.29, 0.717) is 12.8 Å². The highest BCUT2D eigenvalue weighted by Gasteiger charge is 2.51. The van der Waals surface area contributed by atoms with E-state index in [0.717, 1.165) is 51.4 Å². The molecule has 2 aliphatic heterocycles. The first-order chi connectivity index (χ1) is 36.6. The van der Waals surface area contributed by atoms with Crippen molar-refractivity contribution in [3.63, 3.8) is 0 Å². The molecule has 9 N–H and O–H groups in total. The van der Waals surface area contributed by atoms with Gasteiger partial charge in [-0.2, -0.15) is 0 Å². The minimum Gasteiger partial charge on any atom is -0.394 e. The Balaban J connectivity index is 1.70. The van der Waals surface area contributed by atoms with Crippen molar-refractivity contribution < 1.29 is 64.6 Å². The Morgan fingerprint density at radius 3 is 1.13 bits per heavy atom. The normalized spacial score (nSPS) is 24.9. The van der Waals surface area contributed by atoms with E-state index < -0.39 is 86.8 Å². The Morgan fingerprint density at radius 1 is 0.427 bits per heavy atom. The van der Waals surface area contributed by atoms with Gasteiger partial charge in [-0.15, -0.1) is 0 Å². The summed E-state index contributed by atoms with van der Waals surface area (Å²) >= 11 is 0. The number of unbranched alkanes of at least 4 members (excludes halogenated alkanes) is 39. The fraction of sp³-hybridized carbons (Fsp3) is 0.984. The molecule has 12 atom stereocenters. The number of hydrogen-bond acceptors (Lipinski definition) is 13. The van der Waals surface area contributed by atoms with Crippen molar-refractivity contribution >= 4 is 5.91 Å². The molecule has 446 valence electrons. The Bertz CT molecular complexity index is 1270. The van der Waals surface area contributed by atoms with Gasteiger partial charge in [-0.25, -0.2) is 0 Å². The predicted molar refractivity (Wildman–Crippen MR) is 300 cm³/mol. The van der Waals surface area contributed by atoms with Crippen LogP contribution in [0.1, 0.15) is 290 Å². The summed E-state index contributed by atoms with van der Waals surface area (Å²) in [6.45, 7) is 2.91. The summed E-state index contributed by atoms with van der Waals surface area (Å²) < 4.78 is 22.9. The standard InChI is InChI=1S/C61H119NO13/c1-3-5-7-9-11-13-15-17-19-21-22-23-24-25-26-27-28-29-30-32-34-36-38-40-42-44-50(65)49(62-53(66)45-43-41-39-37-35-33-31-20-18-16-14-12-10-8-6-4-2)48-72-60-58(71)56(69)59(52(47-64)74-60)75-61-57(70)55(68)54(67)51(46-63)73-61/h49-52,54-61,63-65,67-71H,3-48H2,1-2H3,(H,62,66). The van der Waals surface area contributed by atoms with Gasteiger partial charge in [0.25, 0.3) is 0 Å². The average Bonchev–Trinajstić information content (AvgIpc) is 3.41. The van der Waals surface area contributed by atoms with Gasteiger partial charge in [0.1, 0.15) is 48.8 Å². The molecule has 0 aromatic carbocycles. The number of aliphatic hydroxyl groups excluding tert-OH is 8. The number of nitrogens with one attached hydrogen (secondary N) is 1. The summed E-state index contributed by atoms with van der Waals surface area (Å²) in [7, 11) is 0. The Morgan fingerprint density at radius 2 is 0.760 bits per heavy atom. The molecule has 14 heteroatoms. The number of ether oxygens (including phenoxy) is 4. The second-order valence-electron chi connectivity index (χ2n) is 22.9. The van der Waals surface area contributed by atoms with Crippen LogP contribution in [0.25, 0.3) is 0 Å². The van der Waals surface area contributed by atoms with E-state index in [1.54, 1.807) is 0 Å². The number of carbonyl (C=O) groups is 1. The van der Waals surface area contributed by atoms with Crippen LogP contribution in [0.3, 0.4) is 0 Å². The lowest BCUT2D eigenvalue weighted by molar-refractivity contribution is -0.359. The molecule has 1 amide bonds. The van der Waals surface area contributed by atoms with E-state index in [-0.39, 0.29) is 12.5 Å². The predicted octanol–water partition coefficient (Wildman–Crippen LogP) is 11.3. The lowest BCUT2D eigenvalue weighted by Gasteiger charge is -2.46. The Kier molecular flexibility index (Phi) is 44.6. The van der Waals surface area contributed by atoms with Crippen molar-refractivity contribution in [2.24, 2.45) is 0 Å². The molecule has 0 radical (unpaired) electrons. The molecular formula is C61H119NO13. The maximum absolute atomic E-state index is 13.3. The van der Waals surface area contributed by atoms with Gasteiger partial charge >= 0.3 is 0 Å². The van der Waals surface area contributed by atoms with Crippen LogP contribution in [-0.4, -0.2) is 140 Å². The van der Waals surface area contributed by atoms with Crippen LogP contribution in [0.4, 0.5) is 0 Å². The summed E-state index contributed by atoms with van der Waals surface area (Å²) in [6, 6.07) is -0.823. The molecule has 14 nitrogen and oxygen atoms in total. The summed E-state index contributed by atoms with van der Waals surface area (Å²) in [5.41, 5.74) is 0. The molecule has 12 unspecified atom stereocenters. The number of rotatable bonds is 52. The van der Waals surface area contributed by atoms with E-state index in [1.165, 1.54) is 212 Å². The first-order valence-electron chi connectivity index (χ1n) is 31.8. The fourth-order valence-electron chi connectivity index (χ4n) is 10.9. The van der Waals surface area contributed by atoms with Crippen LogP contribution in [-0.2, 0) is 23.7 Å². The summed E-state index contributed by atoms with van der Waals surface area (Å²) in [6.07, 6.45) is 36.8. The second-order valence-corrected chi connectivity index (χ2v) is 22.9. The highest BCUT2D eigenvalue weighted by atomic mass is 16.7. The van der Waals surface area contributed by atoms with Crippen molar-refractivity contribution in [2.45, 2.75) is 364 Å². The smallest absolute Gasteiger partial charge is 0.220 e. The number of carbonyl (C=O) groups excluding carboxylic acids is 1. The van der Waals surface area contributed by atoms with Gasteiger partial charge < -0.3 is 65.1 Å². The third-order valence-corrected chi connectivity index (χ3v) is 16.1. The molecule has 2 fully saturated rings. The molecule has 75 heavy (non-hydrogen) atoms. The molecule has 0 bridgehead atoms. The SMILES string of the molecule is CCCCCCCCCCCCCCCCCCCCCCCCCCCC(O)C(COC1OC(CO)C(OC2OC(CO)C(O)C(O)C2O)C(O)C1O)NC(=O)CCCCCCCCCCCCCCCCCC. The molecule has 0 aromatic heterocycles. The van der Waals surface area contributed by atoms with Crippen molar-refractivity contribution in [3.8, 4) is 0 Å². The minimum absolute atomic E-state index is 0.200. The van der Waals surface area contributed by atoms with E-state index in [1.807, 2.05) is 0 Å². The van der Waals surface area contributed by atoms with E-state index >= 15 is 0 Å². The molecule has 0 aliphatic carbocycles. The highest BCUT2D eigenvalue weighted by Crippen LogP contribution is 2.30. The third kappa shape index (κ3) is 33.4. The van der Waals surface area contributed by atoms with Gasteiger partial charge in [0.2, 0.25) is 5.91 Å². The van der Waals surface area contributed by atoms with Crippen molar-refractivity contribution in [2.75, 3.05) is 19.8 Å². The summed E-state index contributed by atoms with van der Waals surface area (Å²) in [5, 5.41) is 87.4. The number of aliphatic hydroxyl groups is 8. The summed E-state index contributed by atoms with van der Waals surface area (Å²) in [4.78, 5) is 13.3. The van der Waals surface area contributed by atoms with Gasteiger partial charge in [-0.05, 0) is 12.8 Å². The van der Waals surface area contributed by atoms with Crippen molar-refractivity contribution in [1.82, 2.24) is 5.32 Å². The van der Waals surface area contributed by atoms with Crippen LogP contribution >= 0.6 is 0 Å². The molecule has 0 spiro atoms. The molecule has 2 saturated heterocycles. The maximum atomic E-state index is 13.3. The zero-order valence-corrected chi connectivity index (χ0v) is 48.1. The largest absolute Gasteiger partial charge is 0.394 e. The van der Waals surface area contributed by atoms with E-state index in [2.05, 4.69) is 19.2 Å². The highest BCUT2D eigenvalue weighted by molar-refractivity contribution is 5.76. The zero-order valence-electron chi connectivity index (χ0n) is 48.1. The zero-order chi connectivity index (χ0) is 54.6. The first kappa shape index (κ1) is 70.1. The quantitative estimate of drug-likeness (QED) is 0.0259. The van der Waals surface area contributed by atoms with Gasteiger partial charge in [0.05, 0.1) is 32.0 Å². The molecule has 2 rings (SSSR count). The van der Waals surface area contributed by atoms with Gasteiger partial charge in [-0.1, -0.05) is 271 Å². The number of hydrogen-bond donors (Lipinski definition) is 9. The summed E-state index contributed by atoms with van der Waals surface area (Å²) in [5.74, 6) is -0.200. The minimum atomic E-state index is -1.78. The van der Waals surface area contributed by atoms with Crippen LogP contribution in [0, 0.1) is 0 Å². The second kappa shape index (κ2) is 47.8. The van der Waals surface area contributed by atoms with Crippen molar-refractivity contribution in [3.05, 3.63) is 0 Å². The van der Waals surface area contributed by atoms with Crippen LogP contribution in [0.5, 0.6) is 0 Å². The van der Waals surface area contributed by atoms with Crippen LogP contribution in [0.15, 0.2) is 0 Å². The van der Waals surface area contributed by atoms with Gasteiger partial charge in [0.15, 0.2) is 12.6 Å². The Labute approximate surface area is 457 Å². The molecule has 2 aliphatic rings. The first-order valence-corrected chi connectivity index (χ1v) is 31.8. The fourth-order valence-corrected chi connectivity index (χ4v) is 10.9. The monoisotopic (exact) mass is 1070 g/mol.